The molecule has 2 fully saturated rings. The molecule has 0 unspecified atom stereocenters. The van der Waals surface area contributed by atoms with Crippen molar-refractivity contribution in [3.63, 3.8) is 0 Å². The van der Waals surface area contributed by atoms with Crippen LogP contribution in [0, 0.1) is 0 Å². The van der Waals surface area contributed by atoms with Gasteiger partial charge in [0, 0.05) is 24.9 Å². The highest BCUT2D eigenvalue weighted by molar-refractivity contribution is 6.62. The lowest BCUT2D eigenvalue weighted by Crippen LogP contribution is -2.41. The van der Waals surface area contributed by atoms with Crippen LogP contribution in [0.5, 0.6) is 0 Å². The summed E-state index contributed by atoms with van der Waals surface area (Å²) in [7, 11) is -0.722. The average molecular weight is 581 g/mol. The molecule has 5 nitrogen and oxygen atoms in total. The molecular formula is C36H49B2NO4. The Hall–Kier alpha value is -2.41. The highest BCUT2D eigenvalue weighted by atomic mass is 16.7. The number of benzene rings is 3. The SMILES string of the molecule is CC[C@@H](B1OC(C)(C)C(C)(C)O1)[C@@H](c1ccccc1)N(Cc1ccccc1)Cc1cccc(B2OC(C)(C)C(C)(C)O2)c1. The van der Waals surface area contributed by atoms with Crippen LogP contribution in [-0.4, -0.2) is 41.5 Å². The van der Waals surface area contributed by atoms with Gasteiger partial charge in [-0.25, -0.2) is 0 Å². The van der Waals surface area contributed by atoms with Crippen molar-refractivity contribution >= 4 is 19.7 Å². The molecule has 2 aliphatic heterocycles. The van der Waals surface area contributed by atoms with E-state index < -0.39 is 18.3 Å². The fourth-order valence-corrected chi connectivity index (χ4v) is 6.13. The number of hydrogen-bond donors (Lipinski definition) is 0. The highest BCUT2D eigenvalue weighted by Crippen LogP contribution is 2.47. The molecule has 2 saturated heterocycles. The van der Waals surface area contributed by atoms with E-state index in [0.717, 1.165) is 25.0 Å². The van der Waals surface area contributed by atoms with Crippen molar-refractivity contribution in [1.29, 1.82) is 0 Å². The molecule has 228 valence electrons. The van der Waals surface area contributed by atoms with Gasteiger partial charge in [-0.2, -0.15) is 0 Å². The molecule has 0 spiro atoms. The third kappa shape index (κ3) is 6.67. The van der Waals surface area contributed by atoms with E-state index in [1.54, 1.807) is 0 Å². The Balaban J connectivity index is 1.53. The minimum atomic E-state index is -0.398. The summed E-state index contributed by atoms with van der Waals surface area (Å²) in [6, 6.07) is 30.4. The maximum Gasteiger partial charge on any atom is 0.494 e. The minimum absolute atomic E-state index is 0.0570. The average Bonchev–Trinajstić information content (AvgIpc) is 3.31. The number of nitrogens with zero attached hydrogens (tertiary/aromatic N) is 1. The molecule has 7 heteroatoms. The van der Waals surface area contributed by atoms with Crippen LogP contribution in [0.4, 0.5) is 0 Å². The summed E-state index contributed by atoms with van der Waals surface area (Å²) in [5.74, 6) is 0.110. The molecule has 2 atom stereocenters. The van der Waals surface area contributed by atoms with Gasteiger partial charge in [-0.15, -0.1) is 0 Å². The lowest BCUT2D eigenvalue weighted by molar-refractivity contribution is 0.00578. The Morgan fingerprint density at radius 2 is 1.09 bits per heavy atom. The minimum Gasteiger partial charge on any atom is -0.403 e. The van der Waals surface area contributed by atoms with Gasteiger partial charge in [-0.05, 0) is 77.5 Å². The molecule has 0 saturated carbocycles. The molecule has 0 aromatic heterocycles. The second-order valence-electron chi connectivity index (χ2n) is 14.3. The van der Waals surface area contributed by atoms with Crippen molar-refractivity contribution in [1.82, 2.24) is 4.90 Å². The Bertz CT molecular complexity index is 1330. The zero-order valence-electron chi connectivity index (χ0n) is 27.6. The van der Waals surface area contributed by atoms with Crippen molar-refractivity contribution in [3.05, 3.63) is 102 Å². The van der Waals surface area contributed by atoms with Crippen molar-refractivity contribution in [3.8, 4) is 0 Å². The molecule has 0 radical (unpaired) electrons. The van der Waals surface area contributed by atoms with Crippen LogP contribution >= 0.6 is 0 Å². The summed E-state index contributed by atoms with van der Waals surface area (Å²) in [6.07, 6.45) is 0.912. The second-order valence-corrected chi connectivity index (χ2v) is 14.3. The van der Waals surface area contributed by atoms with Gasteiger partial charge in [0.25, 0.3) is 0 Å². The Labute approximate surface area is 260 Å². The summed E-state index contributed by atoms with van der Waals surface area (Å²) in [4.78, 5) is 2.59. The maximum absolute atomic E-state index is 6.71. The number of rotatable bonds is 10. The Morgan fingerprint density at radius 1 is 0.605 bits per heavy atom. The first-order valence-electron chi connectivity index (χ1n) is 15.9. The molecular weight excluding hydrogens is 532 g/mol. The zero-order valence-corrected chi connectivity index (χ0v) is 27.6. The van der Waals surface area contributed by atoms with E-state index in [2.05, 4.69) is 152 Å². The number of hydrogen-bond acceptors (Lipinski definition) is 5. The molecule has 2 aliphatic rings. The molecule has 5 rings (SSSR count). The fraction of sp³-hybridized carbons (Fsp3) is 0.500. The highest BCUT2D eigenvalue weighted by Gasteiger charge is 2.55. The smallest absolute Gasteiger partial charge is 0.403 e. The van der Waals surface area contributed by atoms with Gasteiger partial charge in [0.2, 0.25) is 0 Å². The van der Waals surface area contributed by atoms with Gasteiger partial charge in [-0.1, -0.05) is 98.3 Å². The fourth-order valence-electron chi connectivity index (χ4n) is 6.13. The third-order valence-electron chi connectivity index (χ3n) is 10.1. The van der Waals surface area contributed by atoms with Crippen LogP contribution in [0.1, 0.15) is 91.5 Å². The summed E-state index contributed by atoms with van der Waals surface area (Å²) in [5, 5.41) is 0. The van der Waals surface area contributed by atoms with Gasteiger partial charge < -0.3 is 18.6 Å². The van der Waals surface area contributed by atoms with E-state index in [4.69, 9.17) is 18.6 Å². The monoisotopic (exact) mass is 581 g/mol. The van der Waals surface area contributed by atoms with Gasteiger partial charge in [0.15, 0.2) is 0 Å². The topological polar surface area (TPSA) is 40.2 Å². The Morgan fingerprint density at radius 3 is 1.65 bits per heavy atom. The van der Waals surface area contributed by atoms with Crippen LogP contribution in [0.25, 0.3) is 0 Å². The first kappa shape index (κ1) is 32.0. The molecule has 2 heterocycles. The van der Waals surface area contributed by atoms with Crippen LogP contribution in [0.3, 0.4) is 0 Å². The van der Waals surface area contributed by atoms with Gasteiger partial charge in [0.1, 0.15) is 0 Å². The van der Waals surface area contributed by atoms with Crippen LogP contribution in [-0.2, 0) is 31.7 Å². The quantitative estimate of drug-likeness (QED) is 0.231. The van der Waals surface area contributed by atoms with Crippen LogP contribution < -0.4 is 5.46 Å². The summed E-state index contributed by atoms with van der Waals surface area (Å²) in [5.41, 5.74) is 3.24. The zero-order chi connectivity index (χ0) is 31.0. The predicted molar refractivity (Wildman–Crippen MR) is 177 cm³/mol. The van der Waals surface area contributed by atoms with Crippen LogP contribution in [0.15, 0.2) is 84.9 Å². The lowest BCUT2D eigenvalue weighted by Gasteiger charge is -2.38. The molecule has 0 N–H and O–H groups in total. The second kappa shape index (κ2) is 12.2. The van der Waals surface area contributed by atoms with Crippen molar-refractivity contribution < 1.29 is 18.6 Å². The van der Waals surface area contributed by atoms with E-state index >= 15 is 0 Å². The van der Waals surface area contributed by atoms with Crippen molar-refractivity contribution in [2.45, 2.75) is 116 Å². The third-order valence-corrected chi connectivity index (χ3v) is 10.1. The van der Waals surface area contributed by atoms with E-state index in [1.807, 2.05) is 0 Å². The van der Waals surface area contributed by atoms with Gasteiger partial charge >= 0.3 is 14.2 Å². The molecule has 43 heavy (non-hydrogen) atoms. The first-order valence-corrected chi connectivity index (χ1v) is 15.9. The van der Waals surface area contributed by atoms with E-state index in [0.29, 0.717) is 0 Å². The largest absolute Gasteiger partial charge is 0.494 e. The predicted octanol–water partition coefficient (Wildman–Crippen LogP) is 7.60. The van der Waals surface area contributed by atoms with E-state index in [-0.39, 0.29) is 30.2 Å². The normalized spacial score (nSPS) is 21.7. The molecule has 0 bridgehead atoms. The summed E-state index contributed by atoms with van der Waals surface area (Å²) in [6.45, 7) is 20.8. The van der Waals surface area contributed by atoms with Crippen molar-refractivity contribution in [2.24, 2.45) is 0 Å². The Kier molecular flexibility index (Phi) is 9.06. The molecule has 3 aromatic rings. The summed E-state index contributed by atoms with van der Waals surface area (Å²) >= 11 is 0. The first-order chi connectivity index (χ1) is 20.2. The summed E-state index contributed by atoms with van der Waals surface area (Å²) < 4.78 is 26.3. The maximum atomic E-state index is 6.71. The van der Waals surface area contributed by atoms with Gasteiger partial charge in [0.05, 0.1) is 22.4 Å². The standard InChI is InChI=1S/C36H49B2NO4/c1-10-31(38-42-35(6,7)36(8,9)43-38)32(29-21-15-12-16-22-29)39(25-27-18-13-11-14-19-27)26-28-20-17-23-30(24-28)37-40-33(2,3)34(4,5)41-37/h11-24,31-32H,10,25-26H2,1-9H3/t31-,32-/m1/s1. The van der Waals surface area contributed by atoms with E-state index in [9.17, 15) is 0 Å². The van der Waals surface area contributed by atoms with Crippen molar-refractivity contribution in [2.75, 3.05) is 0 Å². The van der Waals surface area contributed by atoms with Crippen LogP contribution in [0.2, 0.25) is 5.82 Å². The van der Waals surface area contributed by atoms with Gasteiger partial charge in [-0.3, -0.25) is 4.90 Å². The molecule has 3 aromatic carbocycles. The lowest BCUT2D eigenvalue weighted by atomic mass is 9.64. The molecule has 0 aliphatic carbocycles. The van der Waals surface area contributed by atoms with E-state index in [1.165, 1.54) is 16.7 Å². The molecule has 0 amide bonds.